The summed E-state index contributed by atoms with van der Waals surface area (Å²) in [6.07, 6.45) is 3.89. The van der Waals surface area contributed by atoms with Gasteiger partial charge in [-0.1, -0.05) is 6.07 Å². The summed E-state index contributed by atoms with van der Waals surface area (Å²) in [6, 6.07) is 6.24. The van der Waals surface area contributed by atoms with E-state index in [1.807, 2.05) is 16.8 Å². The summed E-state index contributed by atoms with van der Waals surface area (Å²) in [6.45, 7) is 0. The molecular formula is C7H7AlN2. The molecule has 0 aromatic carbocycles. The van der Waals surface area contributed by atoms with Crippen LogP contribution in [0.1, 0.15) is 0 Å². The van der Waals surface area contributed by atoms with Gasteiger partial charge in [0.1, 0.15) is 0 Å². The summed E-state index contributed by atoms with van der Waals surface area (Å²) in [4.78, 5) is 0. The average molecular weight is 146 g/mol. The molecule has 2 aromatic rings. The van der Waals surface area contributed by atoms with E-state index < -0.39 is 0 Å². The van der Waals surface area contributed by atoms with Gasteiger partial charge in [0, 0.05) is 12.4 Å². The van der Waals surface area contributed by atoms with Crippen molar-refractivity contribution in [3.8, 4) is 0 Å². The first kappa shape index (κ1) is 5.97. The van der Waals surface area contributed by atoms with E-state index in [9.17, 15) is 0 Å². The minimum absolute atomic E-state index is 1.09. The minimum Gasteiger partial charge on any atom is -0.242 e. The minimum atomic E-state index is 1.09. The summed E-state index contributed by atoms with van der Waals surface area (Å²) in [5.41, 5.74) is 1.17. The van der Waals surface area contributed by atoms with Crippen molar-refractivity contribution in [2.45, 2.75) is 0 Å². The summed E-state index contributed by atoms with van der Waals surface area (Å²) in [5, 5.41) is 4.12. The molecule has 0 saturated carbocycles. The van der Waals surface area contributed by atoms with Gasteiger partial charge in [-0.25, -0.2) is 4.52 Å². The van der Waals surface area contributed by atoms with E-state index in [0.717, 1.165) is 16.3 Å². The third kappa shape index (κ3) is 0.842. The Bertz CT molecular complexity index is 353. The molecule has 48 valence electrons. The molecule has 0 N–H and O–H groups in total. The highest BCUT2D eigenvalue weighted by Gasteiger charge is 1.89. The Labute approximate surface area is 66.9 Å². The summed E-state index contributed by atoms with van der Waals surface area (Å²) >= 11 is 1.09. The molecule has 0 amide bonds. The van der Waals surface area contributed by atoms with Gasteiger partial charge in [-0.05, 0) is 12.1 Å². The Morgan fingerprint density at radius 3 is 3.10 bits per heavy atom. The molecule has 3 heteroatoms. The lowest BCUT2D eigenvalue weighted by Crippen LogP contribution is -2.04. The molecule has 0 aliphatic rings. The van der Waals surface area contributed by atoms with Gasteiger partial charge in [0.15, 0.2) is 0 Å². The van der Waals surface area contributed by atoms with Gasteiger partial charge in [-0.3, -0.25) is 0 Å². The summed E-state index contributed by atoms with van der Waals surface area (Å²) in [7, 11) is 0. The largest absolute Gasteiger partial charge is 0.261 e. The topological polar surface area (TPSA) is 17.3 Å². The molecule has 0 aliphatic heterocycles. The number of rotatable bonds is 0. The van der Waals surface area contributed by atoms with Crippen molar-refractivity contribution in [1.82, 2.24) is 9.61 Å². The van der Waals surface area contributed by atoms with E-state index in [1.165, 1.54) is 9.94 Å². The van der Waals surface area contributed by atoms with E-state index in [4.69, 9.17) is 0 Å². The average Bonchev–Trinajstić information content (AvgIpc) is 2.33. The van der Waals surface area contributed by atoms with Gasteiger partial charge in [0.2, 0.25) is 0 Å². The number of aromatic nitrogens is 2. The van der Waals surface area contributed by atoms with Crippen LogP contribution in [-0.2, 0) is 0 Å². The van der Waals surface area contributed by atoms with Crippen molar-refractivity contribution in [3.63, 3.8) is 0 Å². The fourth-order valence-electron chi connectivity index (χ4n) is 1.02. The van der Waals surface area contributed by atoms with Crippen LogP contribution in [-0.4, -0.2) is 25.9 Å². The molecular weight excluding hydrogens is 139 g/mol. The van der Waals surface area contributed by atoms with Crippen LogP contribution in [0.25, 0.3) is 5.52 Å². The second-order valence-corrected chi connectivity index (χ2v) is 3.56. The molecule has 0 unspecified atom stereocenters. The highest BCUT2D eigenvalue weighted by molar-refractivity contribution is 6.32. The highest BCUT2D eigenvalue weighted by atomic mass is 27.0. The van der Waals surface area contributed by atoms with Crippen LogP contribution in [0.4, 0.5) is 0 Å². The first-order valence-corrected chi connectivity index (χ1v) is 4.26. The number of fused-ring (bicyclic) bond motifs is 1. The second-order valence-electron chi connectivity index (χ2n) is 2.41. The maximum absolute atomic E-state index is 4.12. The molecule has 2 rings (SSSR count). The molecule has 2 heterocycles. The number of hydrogen-bond donors (Lipinski definition) is 0. The van der Waals surface area contributed by atoms with E-state index in [2.05, 4.69) is 23.4 Å². The SMILES string of the molecule is [AlH2][c]1ccc2ccnn2c1. The number of nitrogens with zero attached hydrogens (tertiary/aromatic N) is 2. The monoisotopic (exact) mass is 146 g/mol. The molecule has 0 spiro atoms. The van der Waals surface area contributed by atoms with E-state index in [1.54, 1.807) is 0 Å². The smallest absolute Gasteiger partial charge is 0.242 e. The van der Waals surface area contributed by atoms with Gasteiger partial charge in [0.25, 0.3) is 16.3 Å². The predicted octanol–water partition coefficient (Wildman–Crippen LogP) is -0.407. The molecule has 2 aromatic heterocycles. The Morgan fingerprint density at radius 1 is 1.30 bits per heavy atom. The highest BCUT2D eigenvalue weighted by Crippen LogP contribution is 1.96. The van der Waals surface area contributed by atoms with Crippen molar-refractivity contribution in [3.05, 3.63) is 30.6 Å². The van der Waals surface area contributed by atoms with Gasteiger partial charge in [0.05, 0.1) is 5.52 Å². The van der Waals surface area contributed by atoms with E-state index in [0.29, 0.717) is 0 Å². The lowest BCUT2D eigenvalue weighted by molar-refractivity contribution is 0.967. The maximum atomic E-state index is 4.12. The lowest BCUT2D eigenvalue weighted by atomic mass is 10.4. The molecule has 10 heavy (non-hydrogen) atoms. The zero-order valence-electron chi connectivity index (χ0n) is 5.78. The molecule has 0 saturated heterocycles. The zero-order chi connectivity index (χ0) is 6.97. The molecule has 2 nitrogen and oxygen atoms in total. The lowest BCUT2D eigenvalue weighted by Gasteiger charge is -1.93. The molecule has 0 radical (unpaired) electrons. The molecule has 0 fully saturated rings. The normalized spacial score (nSPS) is 10.4. The zero-order valence-corrected chi connectivity index (χ0v) is 7.78. The van der Waals surface area contributed by atoms with Crippen LogP contribution in [0, 0.1) is 0 Å². The fourth-order valence-corrected chi connectivity index (χ4v) is 1.43. The standard InChI is InChI=1S/C7H5N2.Al.2H/c1-2-6-9-7(3-1)4-5-8-9;;;/h1,3-6H;;;. The summed E-state index contributed by atoms with van der Waals surface area (Å²) < 4.78 is 3.28. The van der Waals surface area contributed by atoms with Crippen LogP contribution in [0.2, 0.25) is 0 Å². The third-order valence-electron chi connectivity index (χ3n) is 1.54. The molecule has 0 atom stereocenters. The van der Waals surface area contributed by atoms with Crippen LogP contribution in [0.3, 0.4) is 0 Å². The summed E-state index contributed by atoms with van der Waals surface area (Å²) in [5.74, 6) is 0. The van der Waals surface area contributed by atoms with Crippen molar-refractivity contribution in [2.24, 2.45) is 0 Å². The van der Waals surface area contributed by atoms with Crippen molar-refractivity contribution in [1.29, 1.82) is 0 Å². The maximum Gasteiger partial charge on any atom is 0.261 e. The van der Waals surface area contributed by atoms with Crippen LogP contribution < -0.4 is 4.43 Å². The fraction of sp³-hybridized carbons (Fsp3) is 0. The van der Waals surface area contributed by atoms with Crippen molar-refractivity contribution >= 4 is 26.2 Å². The predicted molar refractivity (Wildman–Crippen MR) is 43.4 cm³/mol. The second kappa shape index (κ2) is 2.12. The molecule has 0 aliphatic carbocycles. The third-order valence-corrected chi connectivity index (χ3v) is 2.14. The quantitative estimate of drug-likeness (QED) is 0.462. The first-order chi connectivity index (χ1) is 4.86. The van der Waals surface area contributed by atoms with Gasteiger partial charge in [-0.15, -0.1) is 4.43 Å². The molecule has 0 bridgehead atoms. The number of hydrogen-bond acceptors (Lipinski definition) is 1. The Kier molecular flexibility index (Phi) is 1.27. The van der Waals surface area contributed by atoms with Gasteiger partial charge >= 0.3 is 0 Å². The number of pyridine rings is 1. The van der Waals surface area contributed by atoms with Gasteiger partial charge in [-0.2, -0.15) is 5.10 Å². The van der Waals surface area contributed by atoms with Crippen LogP contribution in [0.15, 0.2) is 30.6 Å². The van der Waals surface area contributed by atoms with Gasteiger partial charge < -0.3 is 0 Å². The van der Waals surface area contributed by atoms with Crippen molar-refractivity contribution < 1.29 is 0 Å². The van der Waals surface area contributed by atoms with Crippen LogP contribution in [0.5, 0.6) is 0 Å². The first-order valence-electron chi connectivity index (χ1n) is 3.26. The Hall–Kier alpha value is -0.778. The van der Waals surface area contributed by atoms with E-state index >= 15 is 0 Å². The van der Waals surface area contributed by atoms with Crippen LogP contribution >= 0.6 is 0 Å². The Balaban J connectivity index is 2.86. The van der Waals surface area contributed by atoms with E-state index in [-0.39, 0.29) is 0 Å². The van der Waals surface area contributed by atoms with Crippen molar-refractivity contribution in [2.75, 3.05) is 0 Å². The Morgan fingerprint density at radius 2 is 2.20 bits per heavy atom.